The average molecular weight is 390 g/mol. The van der Waals surface area contributed by atoms with Crippen molar-refractivity contribution in [2.45, 2.75) is 26.4 Å². The Hall–Kier alpha value is -3.29. The summed E-state index contributed by atoms with van der Waals surface area (Å²) in [5.41, 5.74) is 4.48. The van der Waals surface area contributed by atoms with E-state index in [1.165, 1.54) is 31.2 Å². The minimum absolute atomic E-state index is 0.275. The molecule has 2 aromatic carbocycles. The lowest BCUT2D eigenvalue weighted by molar-refractivity contribution is -0.133. The number of ether oxygens (including phenoxy) is 3. The summed E-state index contributed by atoms with van der Waals surface area (Å²) in [4.78, 5) is 23.7. The van der Waals surface area contributed by atoms with Gasteiger partial charge >= 0.3 is 0 Å². The first-order valence-corrected chi connectivity index (χ1v) is 8.84. The van der Waals surface area contributed by atoms with E-state index in [0.717, 1.165) is 12.2 Å². The number of hydrogen-bond acceptors (Lipinski definition) is 5. The SMILES string of the molecule is CCCOc1ccc(OCC(=O)NNC(=O)C(C)Oc2ccc(F)cc2)cc1. The normalized spacial score (nSPS) is 11.2. The van der Waals surface area contributed by atoms with Crippen LogP contribution in [0.1, 0.15) is 20.3 Å². The van der Waals surface area contributed by atoms with Crippen molar-refractivity contribution in [3.8, 4) is 17.2 Å². The number of carbonyl (C=O) groups excluding carboxylic acids is 2. The molecule has 0 saturated heterocycles. The maximum atomic E-state index is 12.9. The molecule has 0 saturated carbocycles. The van der Waals surface area contributed by atoms with E-state index in [-0.39, 0.29) is 6.61 Å². The van der Waals surface area contributed by atoms with E-state index in [1.807, 2.05) is 6.92 Å². The molecule has 0 spiro atoms. The lowest BCUT2D eigenvalue weighted by Gasteiger charge is -2.15. The Balaban J connectivity index is 1.69. The number of hydrogen-bond donors (Lipinski definition) is 2. The molecule has 0 aliphatic heterocycles. The molecule has 150 valence electrons. The van der Waals surface area contributed by atoms with Crippen molar-refractivity contribution < 1.29 is 28.2 Å². The van der Waals surface area contributed by atoms with Crippen molar-refractivity contribution in [1.82, 2.24) is 10.9 Å². The predicted molar refractivity (Wildman–Crippen MR) is 100 cm³/mol. The van der Waals surface area contributed by atoms with Gasteiger partial charge in [0.25, 0.3) is 11.8 Å². The number of rotatable bonds is 9. The molecule has 0 aliphatic rings. The van der Waals surface area contributed by atoms with Crippen LogP contribution in [-0.2, 0) is 9.59 Å². The summed E-state index contributed by atoms with van der Waals surface area (Å²) < 4.78 is 29.0. The fourth-order valence-corrected chi connectivity index (χ4v) is 2.04. The van der Waals surface area contributed by atoms with Gasteiger partial charge in [-0.05, 0) is 61.9 Å². The highest BCUT2D eigenvalue weighted by Gasteiger charge is 2.15. The Kier molecular flexibility index (Phi) is 8.08. The van der Waals surface area contributed by atoms with Crippen molar-refractivity contribution in [3.63, 3.8) is 0 Å². The molecule has 0 bridgehead atoms. The van der Waals surface area contributed by atoms with Crippen LogP contribution in [0.3, 0.4) is 0 Å². The van der Waals surface area contributed by atoms with Gasteiger partial charge in [0.15, 0.2) is 12.7 Å². The molecular formula is C20H23FN2O5. The van der Waals surface area contributed by atoms with Gasteiger partial charge in [0, 0.05) is 0 Å². The lowest BCUT2D eigenvalue weighted by atomic mass is 10.3. The van der Waals surface area contributed by atoms with Crippen LogP contribution in [0.25, 0.3) is 0 Å². The lowest BCUT2D eigenvalue weighted by Crippen LogP contribution is -2.48. The molecule has 0 aromatic heterocycles. The van der Waals surface area contributed by atoms with E-state index in [1.54, 1.807) is 24.3 Å². The summed E-state index contributed by atoms with van der Waals surface area (Å²) in [5.74, 6) is 0.0630. The fraction of sp³-hybridized carbons (Fsp3) is 0.300. The molecule has 7 nitrogen and oxygen atoms in total. The Bertz CT molecular complexity index is 765. The van der Waals surface area contributed by atoms with Crippen LogP contribution in [-0.4, -0.2) is 31.1 Å². The number of hydrazine groups is 1. The van der Waals surface area contributed by atoms with Crippen LogP contribution in [0, 0.1) is 5.82 Å². The first-order valence-electron chi connectivity index (χ1n) is 8.84. The molecule has 8 heteroatoms. The summed E-state index contributed by atoms with van der Waals surface area (Å²) in [6, 6.07) is 12.1. The molecule has 0 fully saturated rings. The van der Waals surface area contributed by atoms with Crippen molar-refractivity contribution in [2.24, 2.45) is 0 Å². The molecule has 0 heterocycles. The van der Waals surface area contributed by atoms with Gasteiger partial charge in [-0.2, -0.15) is 0 Å². The fourth-order valence-electron chi connectivity index (χ4n) is 2.04. The zero-order chi connectivity index (χ0) is 20.4. The van der Waals surface area contributed by atoms with E-state index in [0.29, 0.717) is 18.1 Å². The van der Waals surface area contributed by atoms with Gasteiger partial charge in [-0.15, -0.1) is 0 Å². The predicted octanol–water partition coefficient (Wildman–Crippen LogP) is 2.61. The molecule has 2 rings (SSSR count). The van der Waals surface area contributed by atoms with Gasteiger partial charge < -0.3 is 14.2 Å². The molecule has 1 atom stereocenters. The Morgan fingerprint density at radius 2 is 1.50 bits per heavy atom. The average Bonchev–Trinajstić information content (AvgIpc) is 2.71. The number of nitrogens with one attached hydrogen (secondary N) is 2. The van der Waals surface area contributed by atoms with Gasteiger partial charge in [-0.3, -0.25) is 20.4 Å². The molecule has 0 aliphatic carbocycles. The van der Waals surface area contributed by atoms with Gasteiger partial charge in [-0.1, -0.05) is 6.92 Å². The summed E-state index contributed by atoms with van der Waals surface area (Å²) in [5, 5.41) is 0. The van der Waals surface area contributed by atoms with Crippen LogP contribution >= 0.6 is 0 Å². The van der Waals surface area contributed by atoms with Gasteiger partial charge in [0.1, 0.15) is 23.1 Å². The maximum Gasteiger partial charge on any atom is 0.279 e. The first-order chi connectivity index (χ1) is 13.5. The summed E-state index contributed by atoms with van der Waals surface area (Å²) in [7, 11) is 0. The third-order valence-corrected chi connectivity index (χ3v) is 3.49. The molecule has 2 aromatic rings. The van der Waals surface area contributed by atoms with Crippen molar-refractivity contribution >= 4 is 11.8 Å². The largest absolute Gasteiger partial charge is 0.494 e. The van der Waals surface area contributed by atoms with E-state index in [2.05, 4.69) is 10.9 Å². The monoisotopic (exact) mass is 390 g/mol. The highest BCUT2D eigenvalue weighted by atomic mass is 19.1. The molecule has 1 unspecified atom stereocenters. The maximum absolute atomic E-state index is 12.9. The minimum atomic E-state index is -0.887. The molecular weight excluding hydrogens is 367 g/mol. The minimum Gasteiger partial charge on any atom is -0.494 e. The van der Waals surface area contributed by atoms with Crippen LogP contribution in [0.5, 0.6) is 17.2 Å². The second kappa shape index (κ2) is 10.8. The van der Waals surface area contributed by atoms with Crippen molar-refractivity contribution in [2.75, 3.05) is 13.2 Å². The van der Waals surface area contributed by atoms with Crippen LogP contribution in [0.4, 0.5) is 4.39 Å². The quantitative estimate of drug-likeness (QED) is 0.643. The zero-order valence-electron chi connectivity index (χ0n) is 15.7. The zero-order valence-corrected chi connectivity index (χ0v) is 15.7. The van der Waals surface area contributed by atoms with Gasteiger partial charge in [0.05, 0.1) is 6.61 Å². The standard InChI is InChI=1S/C20H23FN2O5/c1-3-12-26-16-8-10-17(11-9-16)27-13-19(24)22-23-20(25)14(2)28-18-6-4-15(21)5-7-18/h4-11,14H,3,12-13H2,1-2H3,(H,22,24)(H,23,25). The van der Waals surface area contributed by atoms with E-state index in [4.69, 9.17) is 14.2 Å². The second-order valence-electron chi connectivity index (χ2n) is 5.86. The van der Waals surface area contributed by atoms with Crippen molar-refractivity contribution in [1.29, 1.82) is 0 Å². The third-order valence-electron chi connectivity index (χ3n) is 3.49. The highest BCUT2D eigenvalue weighted by molar-refractivity contribution is 5.85. The van der Waals surface area contributed by atoms with Crippen molar-refractivity contribution in [3.05, 3.63) is 54.3 Å². The first kappa shape index (κ1) is 21.0. The number of halogens is 1. The second-order valence-corrected chi connectivity index (χ2v) is 5.86. The van der Waals surface area contributed by atoms with Gasteiger partial charge in [0.2, 0.25) is 0 Å². The molecule has 28 heavy (non-hydrogen) atoms. The summed E-state index contributed by atoms with van der Waals surface area (Å²) in [6.45, 7) is 3.88. The highest BCUT2D eigenvalue weighted by Crippen LogP contribution is 2.17. The Morgan fingerprint density at radius 1 is 0.929 bits per heavy atom. The van der Waals surface area contributed by atoms with E-state index in [9.17, 15) is 14.0 Å². The van der Waals surface area contributed by atoms with Crippen LogP contribution < -0.4 is 25.1 Å². The Morgan fingerprint density at radius 3 is 2.11 bits per heavy atom. The molecule has 2 amide bonds. The Labute approximate surface area is 162 Å². The van der Waals surface area contributed by atoms with Crippen LogP contribution in [0.2, 0.25) is 0 Å². The number of carbonyl (C=O) groups is 2. The number of benzene rings is 2. The summed E-state index contributed by atoms with van der Waals surface area (Å²) in [6.07, 6.45) is 0.0277. The number of amides is 2. The topological polar surface area (TPSA) is 85.9 Å². The third kappa shape index (κ3) is 7.14. The summed E-state index contributed by atoms with van der Waals surface area (Å²) >= 11 is 0. The smallest absolute Gasteiger partial charge is 0.279 e. The van der Waals surface area contributed by atoms with E-state index >= 15 is 0 Å². The van der Waals surface area contributed by atoms with E-state index < -0.39 is 23.7 Å². The molecule has 0 radical (unpaired) electrons. The van der Waals surface area contributed by atoms with Crippen LogP contribution in [0.15, 0.2) is 48.5 Å². The molecule has 2 N–H and O–H groups in total. The van der Waals surface area contributed by atoms with Gasteiger partial charge in [-0.25, -0.2) is 4.39 Å².